The number of hydrogen-bond donors (Lipinski definition) is 1. The molecule has 0 saturated carbocycles. The summed E-state index contributed by atoms with van der Waals surface area (Å²) in [5.41, 5.74) is 2.64. The number of thiazole rings is 1. The summed E-state index contributed by atoms with van der Waals surface area (Å²) in [6, 6.07) is 13.2. The summed E-state index contributed by atoms with van der Waals surface area (Å²) in [5.74, 6) is 0.0532. The van der Waals surface area contributed by atoms with Gasteiger partial charge in [0.1, 0.15) is 11.6 Å². The number of nitrogens with zero attached hydrogens (tertiary/aromatic N) is 2. The summed E-state index contributed by atoms with van der Waals surface area (Å²) in [6.07, 6.45) is 1.92. The minimum atomic E-state index is -0.275. The van der Waals surface area contributed by atoms with Gasteiger partial charge in [-0.3, -0.25) is 9.20 Å². The van der Waals surface area contributed by atoms with E-state index in [1.165, 1.54) is 23.5 Å². The van der Waals surface area contributed by atoms with Crippen LogP contribution in [0.3, 0.4) is 0 Å². The number of imidazole rings is 1. The molecule has 2 heterocycles. The lowest BCUT2D eigenvalue weighted by Crippen LogP contribution is -2.28. The van der Waals surface area contributed by atoms with Crippen LogP contribution in [0.5, 0.6) is 5.75 Å². The third-order valence-corrected chi connectivity index (χ3v) is 5.80. The number of halogens is 2. The van der Waals surface area contributed by atoms with Crippen molar-refractivity contribution in [3.8, 4) is 17.0 Å². The zero-order valence-electron chi connectivity index (χ0n) is 15.5. The van der Waals surface area contributed by atoms with E-state index in [9.17, 15) is 9.18 Å². The zero-order valence-corrected chi connectivity index (χ0v) is 17.1. The van der Waals surface area contributed by atoms with E-state index >= 15 is 0 Å². The molecule has 0 aliphatic heterocycles. The van der Waals surface area contributed by atoms with Crippen LogP contribution in [0.1, 0.15) is 10.6 Å². The summed E-state index contributed by atoms with van der Waals surface area (Å²) < 4.78 is 20.5. The van der Waals surface area contributed by atoms with Gasteiger partial charge in [0.2, 0.25) is 0 Å². The van der Waals surface area contributed by atoms with Gasteiger partial charge in [-0.1, -0.05) is 29.0 Å². The van der Waals surface area contributed by atoms with Gasteiger partial charge >= 0.3 is 0 Å². The van der Waals surface area contributed by atoms with Crippen LogP contribution in [-0.4, -0.2) is 21.9 Å². The summed E-state index contributed by atoms with van der Waals surface area (Å²) in [7, 11) is 0. The molecule has 0 aliphatic rings. The summed E-state index contributed by atoms with van der Waals surface area (Å²) in [6.45, 7) is 2.28. The number of carbonyl (C=O) groups is 1. The van der Waals surface area contributed by atoms with Crippen LogP contribution >= 0.6 is 22.9 Å². The Morgan fingerprint density at radius 2 is 2.07 bits per heavy atom. The van der Waals surface area contributed by atoms with Gasteiger partial charge in [0, 0.05) is 27.4 Å². The number of nitrogens with one attached hydrogen (secondary N) is 1. The van der Waals surface area contributed by atoms with Crippen LogP contribution in [0, 0.1) is 12.7 Å². The Bertz CT molecular complexity index is 1170. The SMILES string of the molecule is Cc1c(CNC(=O)COc2cccc(Cl)c2)sc2nc(-c3ccc(F)cc3)cn12. The van der Waals surface area contributed by atoms with Gasteiger partial charge < -0.3 is 10.1 Å². The smallest absolute Gasteiger partial charge is 0.258 e. The molecule has 0 bridgehead atoms. The summed E-state index contributed by atoms with van der Waals surface area (Å²) >= 11 is 7.41. The fraction of sp³-hybridized carbons (Fsp3) is 0.143. The Hall–Kier alpha value is -2.90. The topological polar surface area (TPSA) is 55.6 Å². The second kappa shape index (κ2) is 8.23. The Kier molecular flexibility index (Phi) is 5.51. The maximum absolute atomic E-state index is 13.1. The molecule has 148 valence electrons. The number of carbonyl (C=O) groups excluding carboxylic acids is 1. The molecule has 0 unspecified atom stereocenters. The molecule has 8 heteroatoms. The van der Waals surface area contributed by atoms with Crippen molar-refractivity contribution in [2.75, 3.05) is 6.61 Å². The molecule has 5 nitrogen and oxygen atoms in total. The number of ether oxygens (including phenoxy) is 1. The molecule has 2 aromatic heterocycles. The van der Waals surface area contributed by atoms with Crippen molar-refractivity contribution in [2.24, 2.45) is 0 Å². The maximum Gasteiger partial charge on any atom is 0.258 e. The Balaban J connectivity index is 1.39. The van der Waals surface area contributed by atoms with E-state index in [0.717, 1.165) is 26.8 Å². The highest BCUT2D eigenvalue weighted by Gasteiger charge is 2.14. The Morgan fingerprint density at radius 3 is 2.79 bits per heavy atom. The number of aryl methyl sites for hydroxylation is 1. The minimum Gasteiger partial charge on any atom is -0.484 e. The number of amides is 1. The Labute approximate surface area is 175 Å². The van der Waals surface area contributed by atoms with Crippen molar-refractivity contribution >= 4 is 33.8 Å². The molecule has 29 heavy (non-hydrogen) atoms. The van der Waals surface area contributed by atoms with Gasteiger partial charge in [0.05, 0.1) is 12.2 Å². The Morgan fingerprint density at radius 1 is 1.28 bits per heavy atom. The summed E-state index contributed by atoms with van der Waals surface area (Å²) in [5, 5.41) is 3.41. The van der Waals surface area contributed by atoms with Gasteiger partial charge in [-0.05, 0) is 49.4 Å². The van der Waals surface area contributed by atoms with Crippen molar-refractivity contribution in [3.63, 3.8) is 0 Å². The fourth-order valence-electron chi connectivity index (χ4n) is 2.85. The van der Waals surface area contributed by atoms with E-state index < -0.39 is 0 Å². The highest BCUT2D eigenvalue weighted by molar-refractivity contribution is 7.17. The van der Waals surface area contributed by atoms with E-state index in [1.54, 1.807) is 36.4 Å². The molecule has 4 rings (SSSR count). The number of hydrogen-bond acceptors (Lipinski definition) is 4. The van der Waals surface area contributed by atoms with Gasteiger partial charge in [0.25, 0.3) is 5.91 Å². The molecule has 1 N–H and O–H groups in total. The number of benzene rings is 2. The number of fused-ring (bicyclic) bond motifs is 1. The molecular weight excluding hydrogens is 413 g/mol. The van der Waals surface area contributed by atoms with E-state index in [-0.39, 0.29) is 18.3 Å². The lowest BCUT2D eigenvalue weighted by atomic mass is 10.2. The second-order valence-corrected chi connectivity index (χ2v) is 7.92. The average Bonchev–Trinajstić information content (AvgIpc) is 3.25. The normalized spacial score (nSPS) is 11.0. The van der Waals surface area contributed by atoms with E-state index in [4.69, 9.17) is 16.3 Å². The average molecular weight is 430 g/mol. The van der Waals surface area contributed by atoms with Crippen LogP contribution in [0.4, 0.5) is 4.39 Å². The monoisotopic (exact) mass is 429 g/mol. The standard InChI is InChI=1S/C21H17ClFN3O2S/c1-13-19(10-24-20(27)12-28-17-4-2-3-15(22)9-17)29-21-25-18(11-26(13)21)14-5-7-16(23)8-6-14/h2-9,11H,10,12H2,1H3,(H,24,27). The predicted octanol–water partition coefficient (Wildman–Crippen LogP) is 4.86. The third-order valence-electron chi connectivity index (χ3n) is 4.41. The molecule has 4 aromatic rings. The maximum atomic E-state index is 13.1. The highest BCUT2D eigenvalue weighted by atomic mass is 35.5. The van der Waals surface area contributed by atoms with Crippen LogP contribution < -0.4 is 10.1 Å². The molecular formula is C21H17ClFN3O2S. The molecule has 0 saturated heterocycles. The molecule has 0 radical (unpaired) electrons. The quantitative estimate of drug-likeness (QED) is 0.476. The molecule has 0 fully saturated rings. The van der Waals surface area contributed by atoms with Crippen LogP contribution in [0.15, 0.2) is 54.7 Å². The first-order valence-electron chi connectivity index (χ1n) is 8.88. The minimum absolute atomic E-state index is 0.0867. The van der Waals surface area contributed by atoms with Crippen LogP contribution in [0.2, 0.25) is 5.02 Å². The number of rotatable bonds is 6. The molecule has 1 amide bonds. The van der Waals surface area contributed by atoms with Gasteiger partial charge in [0.15, 0.2) is 11.6 Å². The third kappa shape index (κ3) is 4.41. The van der Waals surface area contributed by atoms with Crippen molar-refractivity contribution in [3.05, 3.63) is 76.1 Å². The van der Waals surface area contributed by atoms with Crippen LogP contribution in [-0.2, 0) is 11.3 Å². The highest BCUT2D eigenvalue weighted by Crippen LogP contribution is 2.27. The van der Waals surface area contributed by atoms with E-state index in [0.29, 0.717) is 17.3 Å². The molecule has 2 aromatic carbocycles. The van der Waals surface area contributed by atoms with E-state index in [1.807, 2.05) is 17.5 Å². The van der Waals surface area contributed by atoms with Gasteiger partial charge in [-0.2, -0.15) is 0 Å². The van der Waals surface area contributed by atoms with Crippen molar-refractivity contribution in [2.45, 2.75) is 13.5 Å². The largest absolute Gasteiger partial charge is 0.484 e. The first-order chi connectivity index (χ1) is 14.0. The lowest BCUT2D eigenvalue weighted by molar-refractivity contribution is -0.123. The molecule has 0 aliphatic carbocycles. The first-order valence-corrected chi connectivity index (χ1v) is 10.1. The number of aromatic nitrogens is 2. The molecule has 0 spiro atoms. The predicted molar refractivity (Wildman–Crippen MR) is 112 cm³/mol. The molecule has 0 atom stereocenters. The summed E-state index contributed by atoms with van der Waals surface area (Å²) in [4.78, 5) is 18.5. The zero-order chi connectivity index (χ0) is 20.4. The van der Waals surface area contributed by atoms with Crippen molar-refractivity contribution in [1.29, 1.82) is 0 Å². The lowest BCUT2D eigenvalue weighted by Gasteiger charge is -2.07. The fourth-order valence-corrected chi connectivity index (χ4v) is 4.08. The van der Waals surface area contributed by atoms with Crippen molar-refractivity contribution < 1.29 is 13.9 Å². The van der Waals surface area contributed by atoms with Crippen LogP contribution in [0.25, 0.3) is 16.2 Å². The van der Waals surface area contributed by atoms with Gasteiger partial charge in [-0.15, -0.1) is 0 Å². The second-order valence-electron chi connectivity index (χ2n) is 6.42. The first kappa shape index (κ1) is 19.4. The van der Waals surface area contributed by atoms with Crippen molar-refractivity contribution in [1.82, 2.24) is 14.7 Å². The van der Waals surface area contributed by atoms with Gasteiger partial charge in [-0.25, -0.2) is 9.37 Å². The van der Waals surface area contributed by atoms with E-state index in [2.05, 4.69) is 10.3 Å².